The van der Waals surface area contributed by atoms with Gasteiger partial charge in [0.15, 0.2) is 4.32 Å². The van der Waals surface area contributed by atoms with Crippen LogP contribution in [0.15, 0.2) is 63.9 Å². The Morgan fingerprint density at radius 1 is 1.20 bits per heavy atom. The van der Waals surface area contributed by atoms with Crippen LogP contribution in [0.2, 0.25) is 5.02 Å². The van der Waals surface area contributed by atoms with Crippen molar-refractivity contribution in [3.63, 3.8) is 0 Å². The number of carboxylic acid groups (broad SMARTS) is 1. The molecule has 0 aliphatic carbocycles. The highest BCUT2D eigenvalue weighted by atomic mass is 35.5. The third-order valence-corrected chi connectivity index (χ3v) is 6.07. The van der Waals surface area contributed by atoms with Crippen LogP contribution in [-0.2, 0) is 4.79 Å². The number of aryl methyl sites for hydroxylation is 1. The number of anilines is 1. The molecule has 0 spiro atoms. The minimum Gasteiger partial charge on any atom is -0.478 e. The fourth-order valence-corrected chi connectivity index (χ4v) is 4.49. The van der Waals surface area contributed by atoms with Crippen LogP contribution in [0.1, 0.15) is 21.7 Å². The summed E-state index contributed by atoms with van der Waals surface area (Å²) in [4.78, 5) is 26.1. The topological polar surface area (TPSA) is 70.8 Å². The number of hydrogen-bond acceptors (Lipinski definition) is 5. The third kappa shape index (κ3) is 3.92. The lowest BCUT2D eigenvalue weighted by Crippen LogP contribution is -2.27. The SMILES string of the molecule is Cc1cccc(N2C(=O)/C(=C\c3ccc(-c4ccc(Cl)c(C(=O)O)c4)o3)SC2=S)c1. The molecule has 1 saturated heterocycles. The standard InChI is InChI=1S/C22H14ClNO4S2/c1-12-3-2-4-14(9-12)24-20(25)19(30-22(24)29)11-15-6-8-18(28-15)13-5-7-17(23)16(10-13)21(26)27/h2-11H,1H3,(H,26,27)/b19-11+. The Morgan fingerprint density at radius 3 is 2.73 bits per heavy atom. The highest BCUT2D eigenvalue weighted by Gasteiger charge is 2.33. The summed E-state index contributed by atoms with van der Waals surface area (Å²) in [5.41, 5.74) is 2.32. The molecule has 3 aromatic rings. The van der Waals surface area contributed by atoms with Crippen LogP contribution >= 0.6 is 35.6 Å². The smallest absolute Gasteiger partial charge is 0.337 e. The molecule has 2 heterocycles. The Hall–Kier alpha value is -2.87. The first-order valence-corrected chi connectivity index (χ1v) is 10.4. The number of carbonyl (C=O) groups excluding carboxylic acids is 1. The largest absolute Gasteiger partial charge is 0.478 e. The number of amides is 1. The number of halogens is 1. The minimum absolute atomic E-state index is 0.00820. The minimum atomic E-state index is -1.12. The molecule has 1 aliphatic rings. The van der Waals surface area contributed by atoms with E-state index in [0.29, 0.717) is 26.3 Å². The monoisotopic (exact) mass is 455 g/mol. The highest BCUT2D eigenvalue weighted by Crippen LogP contribution is 2.37. The predicted octanol–water partition coefficient (Wildman–Crippen LogP) is 6.01. The molecule has 0 atom stereocenters. The van der Waals surface area contributed by atoms with Gasteiger partial charge in [-0.05, 0) is 55.0 Å². The Balaban J connectivity index is 1.62. The highest BCUT2D eigenvalue weighted by molar-refractivity contribution is 8.27. The first-order chi connectivity index (χ1) is 14.3. The summed E-state index contributed by atoms with van der Waals surface area (Å²) < 4.78 is 6.26. The fourth-order valence-electron chi connectivity index (χ4n) is 3.01. The van der Waals surface area contributed by atoms with E-state index >= 15 is 0 Å². The van der Waals surface area contributed by atoms with Gasteiger partial charge in [0.2, 0.25) is 0 Å². The van der Waals surface area contributed by atoms with Crippen LogP contribution in [-0.4, -0.2) is 21.3 Å². The van der Waals surface area contributed by atoms with Crippen LogP contribution in [0.3, 0.4) is 0 Å². The first-order valence-electron chi connectivity index (χ1n) is 8.81. The van der Waals surface area contributed by atoms with Gasteiger partial charge in [0.05, 0.1) is 21.2 Å². The lowest BCUT2D eigenvalue weighted by molar-refractivity contribution is -0.113. The van der Waals surface area contributed by atoms with Crippen molar-refractivity contribution < 1.29 is 19.1 Å². The van der Waals surface area contributed by atoms with Gasteiger partial charge in [-0.25, -0.2) is 4.79 Å². The molecule has 1 aromatic heterocycles. The van der Waals surface area contributed by atoms with E-state index in [4.69, 9.17) is 28.2 Å². The van der Waals surface area contributed by atoms with Crippen LogP contribution in [0.25, 0.3) is 17.4 Å². The molecule has 1 N–H and O–H groups in total. The normalized spacial score (nSPS) is 15.3. The number of thiocarbonyl (C=S) groups is 1. The van der Waals surface area contributed by atoms with Crippen molar-refractivity contribution in [3.8, 4) is 11.3 Å². The second kappa shape index (κ2) is 8.10. The average molecular weight is 456 g/mol. The van der Waals surface area contributed by atoms with E-state index in [-0.39, 0.29) is 16.5 Å². The molecule has 1 aliphatic heterocycles. The van der Waals surface area contributed by atoms with Crippen molar-refractivity contribution >= 4 is 63.5 Å². The molecule has 0 bridgehead atoms. The van der Waals surface area contributed by atoms with E-state index < -0.39 is 5.97 Å². The molecule has 5 nitrogen and oxygen atoms in total. The number of nitrogens with zero attached hydrogens (tertiary/aromatic N) is 1. The Labute approximate surface area is 186 Å². The molecule has 150 valence electrons. The lowest BCUT2D eigenvalue weighted by Gasteiger charge is -2.14. The molecular weight excluding hydrogens is 442 g/mol. The van der Waals surface area contributed by atoms with Crippen LogP contribution in [0.5, 0.6) is 0 Å². The maximum absolute atomic E-state index is 12.9. The summed E-state index contributed by atoms with van der Waals surface area (Å²) in [5, 5.41) is 9.39. The van der Waals surface area contributed by atoms with Crippen molar-refractivity contribution in [2.75, 3.05) is 4.90 Å². The van der Waals surface area contributed by atoms with Gasteiger partial charge in [0, 0.05) is 11.6 Å². The van der Waals surface area contributed by atoms with Gasteiger partial charge in [-0.1, -0.05) is 47.7 Å². The maximum Gasteiger partial charge on any atom is 0.337 e. The summed E-state index contributed by atoms with van der Waals surface area (Å²) >= 11 is 12.5. The number of benzene rings is 2. The van der Waals surface area contributed by atoms with Gasteiger partial charge >= 0.3 is 5.97 Å². The maximum atomic E-state index is 12.9. The average Bonchev–Trinajstić information content (AvgIpc) is 3.26. The van der Waals surface area contributed by atoms with Gasteiger partial charge in [-0.3, -0.25) is 9.69 Å². The van der Waals surface area contributed by atoms with Gasteiger partial charge in [-0.2, -0.15) is 0 Å². The summed E-state index contributed by atoms with van der Waals surface area (Å²) in [7, 11) is 0. The van der Waals surface area contributed by atoms with E-state index in [1.54, 1.807) is 24.3 Å². The van der Waals surface area contributed by atoms with Crippen LogP contribution in [0.4, 0.5) is 5.69 Å². The summed E-state index contributed by atoms with van der Waals surface area (Å²) in [5.74, 6) is -0.405. The molecule has 8 heteroatoms. The molecule has 0 unspecified atom stereocenters. The zero-order chi connectivity index (χ0) is 21.4. The molecule has 4 rings (SSSR count). The summed E-state index contributed by atoms with van der Waals surface area (Å²) in [6.07, 6.45) is 1.63. The molecule has 0 saturated carbocycles. The van der Waals surface area contributed by atoms with Crippen molar-refractivity contribution in [1.82, 2.24) is 0 Å². The van der Waals surface area contributed by atoms with Gasteiger partial charge in [0.1, 0.15) is 11.5 Å². The predicted molar refractivity (Wildman–Crippen MR) is 123 cm³/mol. The second-order valence-corrected chi connectivity index (χ2v) is 8.64. The van der Waals surface area contributed by atoms with Crippen molar-refractivity contribution in [3.05, 3.63) is 81.4 Å². The molecule has 1 fully saturated rings. The van der Waals surface area contributed by atoms with Crippen LogP contribution in [0, 0.1) is 6.92 Å². The fraction of sp³-hybridized carbons (Fsp3) is 0.0455. The molecule has 30 heavy (non-hydrogen) atoms. The first kappa shape index (κ1) is 20.4. The van der Waals surface area contributed by atoms with Gasteiger partial charge in [0.25, 0.3) is 5.91 Å². The van der Waals surface area contributed by atoms with E-state index in [9.17, 15) is 14.7 Å². The van der Waals surface area contributed by atoms with E-state index in [1.165, 1.54) is 28.8 Å². The zero-order valence-corrected chi connectivity index (χ0v) is 18.0. The second-order valence-electron chi connectivity index (χ2n) is 6.56. The summed E-state index contributed by atoms with van der Waals surface area (Å²) in [6.45, 7) is 1.95. The Bertz CT molecular complexity index is 1230. The number of furan rings is 1. The van der Waals surface area contributed by atoms with E-state index in [2.05, 4.69) is 0 Å². The van der Waals surface area contributed by atoms with Crippen molar-refractivity contribution in [1.29, 1.82) is 0 Å². The van der Waals surface area contributed by atoms with Crippen LogP contribution < -0.4 is 4.90 Å². The summed E-state index contributed by atoms with van der Waals surface area (Å²) in [6, 6.07) is 15.6. The molecular formula is C22H14ClNO4S2. The van der Waals surface area contributed by atoms with E-state index in [0.717, 1.165) is 11.3 Å². The third-order valence-electron chi connectivity index (χ3n) is 4.43. The quantitative estimate of drug-likeness (QED) is 0.383. The number of rotatable bonds is 4. The number of hydrogen-bond donors (Lipinski definition) is 1. The zero-order valence-electron chi connectivity index (χ0n) is 15.6. The number of aromatic carboxylic acids is 1. The Morgan fingerprint density at radius 2 is 2.00 bits per heavy atom. The van der Waals surface area contributed by atoms with Gasteiger partial charge in [-0.15, -0.1) is 0 Å². The Kier molecular flexibility index (Phi) is 5.51. The molecule has 0 radical (unpaired) electrons. The number of carboxylic acids is 1. The molecule has 1 amide bonds. The van der Waals surface area contributed by atoms with E-state index in [1.807, 2.05) is 31.2 Å². The lowest BCUT2D eigenvalue weighted by atomic mass is 10.1. The molecule has 2 aromatic carbocycles. The van der Waals surface area contributed by atoms with Gasteiger partial charge < -0.3 is 9.52 Å². The number of thioether (sulfide) groups is 1. The number of carbonyl (C=O) groups is 2. The van der Waals surface area contributed by atoms with Crippen molar-refractivity contribution in [2.45, 2.75) is 6.92 Å². The van der Waals surface area contributed by atoms with Crippen molar-refractivity contribution in [2.24, 2.45) is 0 Å².